The Hall–Kier alpha value is -2.44. The van der Waals surface area contributed by atoms with Gasteiger partial charge in [-0.25, -0.2) is 0 Å². The van der Waals surface area contributed by atoms with Crippen LogP contribution in [0.3, 0.4) is 0 Å². The first-order chi connectivity index (χ1) is 29.0. The van der Waals surface area contributed by atoms with Crippen molar-refractivity contribution in [2.24, 2.45) is 0 Å². The summed E-state index contributed by atoms with van der Waals surface area (Å²) in [4.78, 5) is 26.0. The largest absolute Gasteiger partial charge is 0.462 e. The average Bonchev–Trinajstić information content (AvgIpc) is 3.23. The van der Waals surface area contributed by atoms with Crippen molar-refractivity contribution in [1.82, 2.24) is 5.32 Å². The molecule has 1 amide bonds. The van der Waals surface area contributed by atoms with Crippen LogP contribution in [0.25, 0.3) is 0 Å². The molecule has 3 atom stereocenters. The van der Waals surface area contributed by atoms with Crippen molar-refractivity contribution in [3.8, 4) is 0 Å². The van der Waals surface area contributed by atoms with Crippen molar-refractivity contribution in [2.45, 2.75) is 257 Å². The second-order valence-corrected chi connectivity index (χ2v) is 16.9. The van der Waals surface area contributed by atoms with E-state index in [9.17, 15) is 19.8 Å². The van der Waals surface area contributed by atoms with Crippen LogP contribution in [0.2, 0.25) is 0 Å². The van der Waals surface area contributed by atoms with Crippen LogP contribution in [0.5, 0.6) is 0 Å². The minimum atomic E-state index is -0.806. The number of aliphatic hydroxyl groups is 2. The topological polar surface area (TPSA) is 95.9 Å². The van der Waals surface area contributed by atoms with Crippen LogP contribution in [0.4, 0.5) is 0 Å². The summed E-state index contributed by atoms with van der Waals surface area (Å²) in [6.45, 7) is 6.32. The van der Waals surface area contributed by atoms with Crippen molar-refractivity contribution in [3.05, 3.63) is 60.8 Å². The Kier molecular flexibility index (Phi) is 44.7. The van der Waals surface area contributed by atoms with Gasteiger partial charge in [0.25, 0.3) is 0 Å². The van der Waals surface area contributed by atoms with E-state index in [2.05, 4.69) is 68.6 Å². The highest BCUT2D eigenvalue weighted by Gasteiger charge is 2.24. The number of nitrogens with one attached hydrogen (secondary N) is 1. The molecule has 59 heavy (non-hydrogen) atoms. The van der Waals surface area contributed by atoms with Crippen LogP contribution in [0.1, 0.15) is 239 Å². The fourth-order valence-corrected chi connectivity index (χ4v) is 7.37. The number of amides is 1. The maximum absolute atomic E-state index is 13.2. The van der Waals surface area contributed by atoms with Crippen LogP contribution in [-0.2, 0) is 14.3 Å². The molecule has 0 fully saturated rings. The van der Waals surface area contributed by atoms with Gasteiger partial charge in [0.2, 0.25) is 5.91 Å². The highest BCUT2D eigenvalue weighted by molar-refractivity contribution is 5.77. The lowest BCUT2D eigenvalue weighted by Gasteiger charge is -2.24. The molecule has 0 heterocycles. The van der Waals surface area contributed by atoms with Gasteiger partial charge in [0, 0.05) is 6.42 Å². The smallest absolute Gasteiger partial charge is 0.306 e. The Morgan fingerprint density at radius 3 is 1.53 bits per heavy atom. The fourth-order valence-electron chi connectivity index (χ4n) is 7.37. The molecule has 342 valence electrons. The molecule has 0 saturated heterocycles. The van der Waals surface area contributed by atoms with Crippen LogP contribution in [0.15, 0.2) is 60.8 Å². The molecule has 3 N–H and O–H groups in total. The van der Waals surface area contributed by atoms with Crippen LogP contribution < -0.4 is 5.32 Å². The highest BCUT2D eigenvalue weighted by Crippen LogP contribution is 2.17. The molecule has 0 radical (unpaired) electrons. The number of allylic oxidation sites excluding steroid dienone is 10. The standard InChI is InChI=1S/C53H95NO5/c1-4-7-10-13-16-19-22-24-25-26-28-30-33-36-39-42-45-51(56)50(48-55)54-52(57)47-49(44-41-38-35-32-29-21-18-15-12-9-6-3)59-53(58)46-43-40-37-34-31-27-23-20-17-14-11-8-5-2/h9,12,15,18,21,27,29,31,37,40,49-51,55-56H,4-8,10-11,13-14,16-17,19-20,22-26,28,30,32-36,38-39,41-48H2,1-3H3,(H,54,57)/b12-9+,18-15+,29-21-,31-27-,40-37+. The first kappa shape index (κ1) is 56.6. The summed E-state index contributed by atoms with van der Waals surface area (Å²) in [6.07, 6.45) is 57.2. The molecule has 0 aromatic heterocycles. The molecular weight excluding hydrogens is 731 g/mol. The van der Waals surface area contributed by atoms with Gasteiger partial charge in [0.15, 0.2) is 0 Å². The maximum atomic E-state index is 13.2. The zero-order chi connectivity index (χ0) is 43.1. The third kappa shape index (κ3) is 42.1. The summed E-state index contributed by atoms with van der Waals surface area (Å²) in [5.74, 6) is -0.590. The van der Waals surface area contributed by atoms with Crippen LogP contribution in [-0.4, -0.2) is 46.9 Å². The molecule has 6 heteroatoms. The highest BCUT2D eigenvalue weighted by atomic mass is 16.5. The van der Waals surface area contributed by atoms with E-state index >= 15 is 0 Å². The van der Waals surface area contributed by atoms with E-state index in [1.54, 1.807) is 0 Å². The van der Waals surface area contributed by atoms with Gasteiger partial charge < -0.3 is 20.3 Å². The molecule has 6 nitrogen and oxygen atoms in total. The first-order valence-corrected chi connectivity index (χ1v) is 25.0. The minimum absolute atomic E-state index is 0.0310. The molecular formula is C53H95NO5. The van der Waals surface area contributed by atoms with E-state index in [0.717, 1.165) is 64.2 Å². The van der Waals surface area contributed by atoms with Gasteiger partial charge in [-0.15, -0.1) is 0 Å². The van der Waals surface area contributed by atoms with E-state index in [4.69, 9.17) is 4.74 Å². The van der Waals surface area contributed by atoms with Crippen molar-refractivity contribution in [1.29, 1.82) is 0 Å². The molecule has 0 aromatic rings. The Balaban J connectivity index is 4.60. The third-order valence-corrected chi connectivity index (χ3v) is 11.2. The van der Waals surface area contributed by atoms with E-state index in [0.29, 0.717) is 19.3 Å². The zero-order valence-electron chi connectivity index (χ0n) is 38.9. The van der Waals surface area contributed by atoms with Crippen LogP contribution in [0, 0.1) is 0 Å². The number of ether oxygens (including phenoxy) is 1. The average molecular weight is 826 g/mol. The summed E-state index contributed by atoms with van der Waals surface area (Å²) >= 11 is 0. The van der Waals surface area contributed by atoms with Gasteiger partial charge >= 0.3 is 5.97 Å². The Labute approximate surface area is 365 Å². The minimum Gasteiger partial charge on any atom is -0.462 e. The number of rotatable bonds is 44. The SMILES string of the molecule is CC/C=C/C=C/C=C\CCCCCC(CC(=O)NC(CO)C(O)CCCCCCCCCCCCCCCCCC)OC(=O)CC/C=C/C/C=C\CCCCCCCC. The summed E-state index contributed by atoms with van der Waals surface area (Å²) in [5, 5.41) is 23.7. The molecule has 0 aliphatic heterocycles. The molecule has 0 spiro atoms. The molecule has 0 rings (SSSR count). The summed E-state index contributed by atoms with van der Waals surface area (Å²) in [5.41, 5.74) is 0. The lowest BCUT2D eigenvalue weighted by atomic mass is 10.0. The van der Waals surface area contributed by atoms with E-state index < -0.39 is 18.2 Å². The fraction of sp³-hybridized carbons (Fsp3) is 0.774. The maximum Gasteiger partial charge on any atom is 0.306 e. The number of aliphatic hydroxyl groups excluding tert-OH is 2. The van der Waals surface area contributed by atoms with Crippen LogP contribution >= 0.6 is 0 Å². The Morgan fingerprint density at radius 1 is 0.525 bits per heavy atom. The zero-order valence-corrected chi connectivity index (χ0v) is 38.9. The van der Waals surface area contributed by atoms with Gasteiger partial charge in [-0.05, 0) is 64.2 Å². The molecule has 0 bridgehead atoms. The van der Waals surface area contributed by atoms with E-state index in [1.165, 1.54) is 122 Å². The first-order valence-electron chi connectivity index (χ1n) is 25.0. The van der Waals surface area contributed by atoms with Gasteiger partial charge in [0.05, 0.1) is 25.2 Å². The van der Waals surface area contributed by atoms with Gasteiger partial charge in [-0.2, -0.15) is 0 Å². The molecule has 0 aromatic carbocycles. The van der Waals surface area contributed by atoms with Gasteiger partial charge in [-0.3, -0.25) is 9.59 Å². The summed E-state index contributed by atoms with van der Waals surface area (Å²) < 4.78 is 5.86. The van der Waals surface area contributed by atoms with Gasteiger partial charge in [-0.1, -0.05) is 223 Å². The predicted molar refractivity (Wildman–Crippen MR) is 255 cm³/mol. The number of carbonyl (C=O) groups excluding carboxylic acids is 2. The molecule has 0 aliphatic rings. The quantitative estimate of drug-likeness (QED) is 0.0246. The molecule has 3 unspecified atom stereocenters. The molecule has 0 saturated carbocycles. The van der Waals surface area contributed by atoms with E-state index in [-0.39, 0.29) is 31.3 Å². The summed E-state index contributed by atoms with van der Waals surface area (Å²) in [7, 11) is 0. The number of hydrogen-bond acceptors (Lipinski definition) is 5. The van der Waals surface area contributed by atoms with Crippen molar-refractivity contribution in [2.75, 3.05) is 6.61 Å². The number of hydrogen-bond donors (Lipinski definition) is 3. The van der Waals surface area contributed by atoms with Crippen molar-refractivity contribution < 1.29 is 24.5 Å². The lowest BCUT2D eigenvalue weighted by molar-refractivity contribution is -0.150. The van der Waals surface area contributed by atoms with Crippen molar-refractivity contribution in [3.63, 3.8) is 0 Å². The Morgan fingerprint density at radius 2 is 0.983 bits per heavy atom. The van der Waals surface area contributed by atoms with Crippen molar-refractivity contribution >= 4 is 11.9 Å². The number of esters is 1. The second-order valence-electron chi connectivity index (χ2n) is 16.9. The second kappa shape index (κ2) is 46.6. The Bertz CT molecular complexity index is 1060. The summed E-state index contributed by atoms with van der Waals surface area (Å²) in [6, 6.07) is -0.724. The predicted octanol–water partition coefficient (Wildman–Crippen LogP) is 14.8. The third-order valence-electron chi connectivity index (χ3n) is 11.2. The van der Waals surface area contributed by atoms with Gasteiger partial charge in [0.1, 0.15) is 6.10 Å². The monoisotopic (exact) mass is 826 g/mol. The number of unbranched alkanes of at least 4 members (excludes halogenated alkanes) is 24. The normalized spacial score (nSPS) is 13.8. The lowest BCUT2D eigenvalue weighted by Crippen LogP contribution is -2.46. The molecule has 0 aliphatic carbocycles. The number of carbonyl (C=O) groups is 2. The van der Waals surface area contributed by atoms with E-state index in [1.807, 2.05) is 18.2 Å².